The highest BCUT2D eigenvalue weighted by molar-refractivity contribution is 6.36. The van der Waals surface area contributed by atoms with Gasteiger partial charge in [-0.2, -0.15) is 14.9 Å². The smallest absolute Gasteiger partial charge is 0.308 e. The van der Waals surface area contributed by atoms with Crippen LogP contribution in [0.5, 0.6) is 0 Å². The lowest BCUT2D eigenvalue weighted by Crippen LogP contribution is -2.40. The standard InChI is InChI=1S/C23H24Cl2FN5O2/c1-12(2)22(32)33-11-17(23(3,4)5)29-21-18(15-7-6-14(26)8-16(15)24)19(25)30-20-13(9-27)10-28-31(20)21/h6-8,10,12,17,29H,11H2,1-5H3. The summed E-state index contributed by atoms with van der Waals surface area (Å²) in [5.74, 6) is -0.704. The Bertz CT molecular complexity index is 1240. The van der Waals surface area contributed by atoms with Crippen molar-refractivity contribution in [3.05, 3.63) is 46.0 Å². The molecule has 1 unspecified atom stereocenters. The second kappa shape index (κ2) is 9.54. The molecule has 0 amide bonds. The average molecular weight is 492 g/mol. The third-order valence-corrected chi connectivity index (χ3v) is 5.73. The molecule has 0 aliphatic rings. The summed E-state index contributed by atoms with van der Waals surface area (Å²) < 4.78 is 20.7. The minimum absolute atomic E-state index is 0.0577. The molecule has 0 saturated carbocycles. The second-order valence-corrected chi connectivity index (χ2v) is 9.77. The van der Waals surface area contributed by atoms with E-state index in [4.69, 9.17) is 27.9 Å². The number of rotatable bonds is 6. The van der Waals surface area contributed by atoms with Gasteiger partial charge < -0.3 is 10.1 Å². The molecule has 2 heterocycles. The number of ether oxygens (including phenoxy) is 1. The first-order valence-electron chi connectivity index (χ1n) is 10.3. The van der Waals surface area contributed by atoms with E-state index < -0.39 is 5.82 Å². The lowest BCUT2D eigenvalue weighted by molar-refractivity contribution is -0.148. The van der Waals surface area contributed by atoms with Crippen molar-refractivity contribution >= 4 is 40.6 Å². The molecule has 2 aromatic heterocycles. The predicted molar refractivity (Wildman–Crippen MR) is 126 cm³/mol. The first-order chi connectivity index (χ1) is 15.4. The average Bonchev–Trinajstić information content (AvgIpc) is 3.13. The number of anilines is 1. The van der Waals surface area contributed by atoms with Crippen molar-refractivity contribution in [2.45, 2.75) is 40.7 Å². The quantitative estimate of drug-likeness (QED) is 0.349. The van der Waals surface area contributed by atoms with Crippen molar-refractivity contribution in [3.63, 3.8) is 0 Å². The highest BCUT2D eigenvalue weighted by atomic mass is 35.5. The normalized spacial score (nSPS) is 12.6. The number of carbonyl (C=O) groups is 1. The Labute approximate surface area is 201 Å². The monoisotopic (exact) mass is 491 g/mol. The molecule has 33 heavy (non-hydrogen) atoms. The zero-order valence-electron chi connectivity index (χ0n) is 18.9. The minimum Gasteiger partial charge on any atom is -0.463 e. The van der Waals surface area contributed by atoms with E-state index in [1.807, 2.05) is 26.8 Å². The van der Waals surface area contributed by atoms with Crippen LogP contribution in [0.3, 0.4) is 0 Å². The topological polar surface area (TPSA) is 92.3 Å². The zero-order chi connectivity index (χ0) is 24.5. The number of nitrogens with zero attached hydrogens (tertiary/aromatic N) is 4. The SMILES string of the molecule is CC(C)C(=O)OCC(Nc1c(-c2ccc(F)cc2Cl)c(Cl)nc2c(C#N)cnn12)C(C)(C)C. The summed E-state index contributed by atoms with van der Waals surface area (Å²) in [5.41, 5.74) is 0.926. The van der Waals surface area contributed by atoms with Crippen LogP contribution in [0, 0.1) is 28.5 Å². The fraction of sp³-hybridized carbons (Fsp3) is 0.391. The second-order valence-electron chi connectivity index (χ2n) is 9.00. The van der Waals surface area contributed by atoms with E-state index in [0.717, 1.165) is 0 Å². The van der Waals surface area contributed by atoms with Crippen molar-refractivity contribution in [1.29, 1.82) is 5.26 Å². The van der Waals surface area contributed by atoms with Crippen LogP contribution in [0.2, 0.25) is 10.2 Å². The van der Waals surface area contributed by atoms with Crippen molar-refractivity contribution in [2.24, 2.45) is 11.3 Å². The van der Waals surface area contributed by atoms with Crippen molar-refractivity contribution in [3.8, 4) is 17.2 Å². The van der Waals surface area contributed by atoms with Crippen LogP contribution in [0.4, 0.5) is 10.2 Å². The van der Waals surface area contributed by atoms with E-state index in [9.17, 15) is 14.4 Å². The molecule has 0 aliphatic carbocycles. The van der Waals surface area contributed by atoms with E-state index in [1.54, 1.807) is 13.8 Å². The van der Waals surface area contributed by atoms with E-state index in [1.165, 1.54) is 28.9 Å². The van der Waals surface area contributed by atoms with Crippen molar-refractivity contribution in [1.82, 2.24) is 14.6 Å². The molecule has 0 saturated heterocycles. The molecule has 1 atom stereocenters. The highest BCUT2D eigenvalue weighted by Crippen LogP contribution is 2.40. The zero-order valence-corrected chi connectivity index (χ0v) is 20.4. The summed E-state index contributed by atoms with van der Waals surface area (Å²) in [4.78, 5) is 16.5. The molecular weight excluding hydrogens is 468 g/mol. The van der Waals surface area contributed by atoms with E-state index in [-0.39, 0.29) is 51.3 Å². The van der Waals surface area contributed by atoms with Gasteiger partial charge in [-0.3, -0.25) is 4.79 Å². The third kappa shape index (κ3) is 5.21. The van der Waals surface area contributed by atoms with Crippen LogP contribution >= 0.6 is 23.2 Å². The van der Waals surface area contributed by atoms with Gasteiger partial charge in [0.25, 0.3) is 0 Å². The number of esters is 1. The maximum absolute atomic E-state index is 13.7. The van der Waals surface area contributed by atoms with Gasteiger partial charge in [-0.15, -0.1) is 0 Å². The maximum Gasteiger partial charge on any atom is 0.308 e. The molecule has 0 radical (unpaired) electrons. The Kier molecular flexibility index (Phi) is 7.15. The summed E-state index contributed by atoms with van der Waals surface area (Å²) in [6.45, 7) is 9.56. The molecule has 10 heteroatoms. The molecule has 1 aromatic carbocycles. The van der Waals surface area contributed by atoms with Crippen LogP contribution in [0.1, 0.15) is 40.2 Å². The first-order valence-corrected chi connectivity index (χ1v) is 11.1. The number of hydrogen-bond donors (Lipinski definition) is 1. The van der Waals surface area contributed by atoms with Gasteiger partial charge in [0.1, 0.15) is 35.0 Å². The number of carbonyl (C=O) groups excluding carboxylic acids is 1. The third-order valence-electron chi connectivity index (χ3n) is 5.14. The molecule has 0 spiro atoms. The predicted octanol–water partition coefficient (Wildman–Crippen LogP) is 5.74. The molecule has 3 rings (SSSR count). The number of fused-ring (bicyclic) bond motifs is 1. The first kappa shape index (κ1) is 24.7. The van der Waals surface area contributed by atoms with Crippen LogP contribution in [0.15, 0.2) is 24.4 Å². The molecule has 174 valence electrons. The number of halogens is 3. The van der Waals surface area contributed by atoms with Gasteiger partial charge in [-0.05, 0) is 23.6 Å². The molecule has 0 aliphatic heterocycles. The number of nitrogens with one attached hydrogen (secondary N) is 1. The van der Waals surface area contributed by atoms with Gasteiger partial charge in [0.2, 0.25) is 0 Å². The Morgan fingerprint density at radius 3 is 2.61 bits per heavy atom. The minimum atomic E-state index is -0.498. The van der Waals surface area contributed by atoms with Gasteiger partial charge in [-0.1, -0.05) is 57.8 Å². The Balaban J connectivity index is 2.20. The Morgan fingerprint density at radius 1 is 1.33 bits per heavy atom. The largest absolute Gasteiger partial charge is 0.463 e. The number of benzene rings is 1. The van der Waals surface area contributed by atoms with E-state index in [2.05, 4.69) is 15.4 Å². The fourth-order valence-corrected chi connectivity index (χ4v) is 3.65. The van der Waals surface area contributed by atoms with Crippen LogP contribution in [-0.4, -0.2) is 33.2 Å². The summed E-state index contributed by atoms with van der Waals surface area (Å²) in [7, 11) is 0. The molecule has 1 N–H and O–H groups in total. The van der Waals surface area contributed by atoms with E-state index in [0.29, 0.717) is 16.9 Å². The maximum atomic E-state index is 13.7. The molecule has 0 bridgehead atoms. The van der Waals surface area contributed by atoms with Crippen LogP contribution in [0.25, 0.3) is 16.8 Å². The van der Waals surface area contributed by atoms with Gasteiger partial charge in [0, 0.05) is 5.56 Å². The lowest BCUT2D eigenvalue weighted by atomic mass is 9.87. The summed E-state index contributed by atoms with van der Waals surface area (Å²) in [6.07, 6.45) is 1.38. The molecule has 0 fully saturated rings. The fourth-order valence-electron chi connectivity index (χ4n) is 3.11. The summed E-state index contributed by atoms with van der Waals surface area (Å²) in [5, 5.41) is 17.3. The van der Waals surface area contributed by atoms with E-state index >= 15 is 0 Å². The molecule has 7 nitrogen and oxygen atoms in total. The number of nitriles is 1. The van der Waals surface area contributed by atoms with Crippen LogP contribution in [-0.2, 0) is 9.53 Å². The Morgan fingerprint density at radius 2 is 2.03 bits per heavy atom. The van der Waals surface area contributed by atoms with Crippen molar-refractivity contribution < 1.29 is 13.9 Å². The molecule has 3 aromatic rings. The molecular formula is C23H24Cl2FN5O2. The Hall–Kier alpha value is -2.89. The lowest BCUT2D eigenvalue weighted by Gasteiger charge is -2.33. The van der Waals surface area contributed by atoms with Crippen molar-refractivity contribution in [2.75, 3.05) is 11.9 Å². The summed E-state index contributed by atoms with van der Waals surface area (Å²) in [6, 6.07) is 5.60. The van der Waals surface area contributed by atoms with Gasteiger partial charge in [-0.25, -0.2) is 9.37 Å². The number of hydrogen-bond acceptors (Lipinski definition) is 6. The van der Waals surface area contributed by atoms with Gasteiger partial charge >= 0.3 is 5.97 Å². The van der Waals surface area contributed by atoms with Gasteiger partial charge in [0.05, 0.1) is 28.7 Å². The highest BCUT2D eigenvalue weighted by Gasteiger charge is 2.30. The van der Waals surface area contributed by atoms with Gasteiger partial charge in [0.15, 0.2) is 5.65 Å². The summed E-state index contributed by atoms with van der Waals surface area (Å²) >= 11 is 12.9. The van der Waals surface area contributed by atoms with Crippen LogP contribution < -0.4 is 5.32 Å². The number of aromatic nitrogens is 3.